The first-order valence-electron chi connectivity index (χ1n) is 7.12. The molecule has 2 nitrogen and oxygen atoms in total. The van der Waals surface area contributed by atoms with Gasteiger partial charge in [0.25, 0.3) is 0 Å². The number of nitrogens with zero attached hydrogens (tertiary/aromatic N) is 2. The third-order valence-electron chi connectivity index (χ3n) is 3.91. The van der Waals surface area contributed by atoms with E-state index in [0.717, 1.165) is 18.5 Å². The van der Waals surface area contributed by atoms with Crippen molar-refractivity contribution in [2.45, 2.75) is 18.8 Å². The van der Waals surface area contributed by atoms with Crippen LogP contribution in [0.25, 0.3) is 0 Å². The zero-order valence-corrected chi connectivity index (χ0v) is 12.5. The second kappa shape index (κ2) is 6.23. The Kier molecular flexibility index (Phi) is 4.16. The van der Waals surface area contributed by atoms with Gasteiger partial charge in [-0.05, 0) is 37.3 Å². The van der Waals surface area contributed by atoms with E-state index >= 15 is 0 Å². The highest BCUT2D eigenvalue weighted by Gasteiger charge is 2.19. The summed E-state index contributed by atoms with van der Waals surface area (Å²) in [4.78, 5) is 8.36. The second-order valence-corrected chi connectivity index (χ2v) is 5.66. The van der Waals surface area contributed by atoms with Crippen molar-refractivity contribution >= 4 is 24.1 Å². The summed E-state index contributed by atoms with van der Waals surface area (Å²) >= 11 is 6.27. The van der Waals surface area contributed by atoms with Crippen molar-refractivity contribution < 1.29 is 0 Å². The van der Waals surface area contributed by atoms with Crippen molar-refractivity contribution in [2.75, 3.05) is 0 Å². The van der Waals surface area contributed by atoms with Gasteiger partial charge in [0.2, 0.25) is 0 Å². The minimum atomic E-state index is 0.214. The highest BCUT2D eigenvalue weighted by Crippen LogP contribution is 2.34. The summed E-state index contributed by atoms with van der Waals surface area (Å²) in [5.41, 5.74) is 2.26. The Morgan fingerprint density at radius 3 is 2.71 bits per heavy atom. The summed E-state index contributed by atoms with van der Waals surface area (Å²) in [5, 5.41) is 0.689. The fraction of sp³-hybridized carbons (Fsp3) is 0.222. The molecule has 0 bridgehead atoms. The van der Waals surface area contributed by atoms with Gasteiger partial charge in [0, 0.05) is 11.8 Å². The first kappa shape index (κ1) is 14.0. The third kappa shape index (κ3) is 3.06. The minimum absolute atomic E-state index is 0.214. The average Bonchev–Trinajstić information content (AvgIpc) is 2.56. The molecule has 1 heterocycles. The van der Waals surface area contributed by atoms with Crippen LogP contribution < -0.4 is 0 Å². The van der Waals surface area contributed by atoms with Crippen LogP contribution in [-0.4, -0.2) is 11.7 Å². The lowest BCUT2D eigenvalue weighted by Crippen LogP contribution is -2.07. The van der Waals surface area contributed by atoms with Gasteiger partial charge in [-0.15, -0.1) is 0 Å². The van der Waals surface area contributed by atoms with Crippen molar-refractivity contribution in [3.63, 3.8) is 0 Å². The number of aliphatic imine (C=N–C) groups is 1. The summed E-state index contributed by atoms with van der Waals surface area (Å²) in [7, 11) is 0. The molecule has 0 saturated carbocycles. The highest BCUT2D eigenvalue weighted by molar-refractivity contribution is 6.31. The number of pyridine rings is 1. The largest absolute Gasteiger partial charge is 0.245 e. The molecule has 2 aliphatic rings. The standard InChI is InChI=1S/C18H17ClN2/c1-20-17-12-11-16(19)18(21-17)15-9-7-14(8-10-15)13-5-3-2-4-6-13/h2-5,7-9,11-13,15H,1,6,10H2. The quantitative estimate of drug-likeness (QED) is 0.706. The fourth-order valence-electron chi connectivity index (χ4n) is 2.74. The van der Waals surface area contributed by atoms with E-state index in [4.69, 9.17) is 11.6 Å². The lowest BCUT2D eigenvalue weighted by Gasteiger charge is -2.21. The second-order valence-electron chi connectivity index (χ2n) is 5.26. The molecule has 3 heteroatoms. The molecule has 0 saturated heterocycles. The Morgan fingerprint density at radius 2 is 2.05 bits per heavy atom. The van der Waals surface area contributed by atoms with Crippen molar-refractivity contribution in [3.8, 4) is 0 Å². The van der Waals surface area contributed by atoms with Crippen LogP contribution in [-0.2, 0) is 0 Å². The van der Waals surface area contributed by atoms with Crippen LogP contribution in [0.1, 0.15) is 24.5 Å². The fourth-order valence-corrected chi connectivity index (χ4v) is 2.98. The number of aromatic nitrogens is 1. The summed E-state index contributed by atoms with van der Waals surface area (Å²) in [6.45, 7) is 3.52. The normalized spacial score (nSPS) is 24.0. The molecule has 2 aliphatic carbocycles. The summed E-state index contributed by atoms with van der Waals surface area (Å²) < 4.78 is 0. The molecule has 3 rings (SSSR count). The molecular formula is C18H17ClN2. The van der Waals surface area contributed by atoms with E-state index in [2.05, 4.69) is 59.2 Å². The van der Waals surface area contributed by atoms with Crippen molar-refractivity contribution in [1.29, 1.82) is 0 Å². The first-order chi connectivity index (χ1) is 10.3. The number of rotatable bonds is 3. The predicted molar refractivity (Wildman–Crippen MR) is 89.4 cm³/mol. The maximum Gasteiger partial charge on any atom is 0.151 e. The molecule has 0 fully saturated rings. The van der Waals surface area contributed by atoms with Crippen LogP contribution in [0.2, 0.25) is 5.02 Å². The van der Waals surface area contributed by atoms with Crippen LogP contribution in [0.15, 0.2) is 65.2 Å². The topological polar surface area (TPSA) is 25.2 Å². The van der Waals surface area contributed by atoms with Gasteiger partial charge in [-0.2, -0.15) is 0 Å². The number of halogens is 1. The summed E-state index contributed by atoms with van der Waals surface area (Å²) in [6, 6.07) is 3.63. The van der Waals surface area contributed by atoms with E-state index in [1.165, 1.54) is 5.57 Å². The van der Waals surface area contributed by atoms with Gasteiger partial charge < -0.3 is 0 Å². The Hall–Kier alpha value is -1.93. The Labute approximate surface area is 130 Å². The number of hydrogen-bond acceptors (Lipinski definition) is 2. The molecule has 0 aliphatic heterocycles. The van der Waals surface area contributed by atoms with Gasteiger partial charge >= 0.3 is 0 Å². The molecular weight excluding hydrogens is 280 g/mol. The SMILES string of the molecule is C=Nc1ccc(Cl)c(C2C=CC(C3C=CC=CC3)=CC2)n1. The molecule has 0 amide bonds. The molecule has 0 aromatic carbocycles. The molecule has 2 atom stereocenters. The van der Waals surface area contributed by atoms with Gasteiger partial charge in [-0.1, -0.05) is 54.1 Å². The van der Waals surface area contributed by atoms with Crippen LogP contribution in [0.5, 0.6) is 0 Å². The van der Waals surface area contributed by atoms with Crippen LogP contribution in [0, 0.1) is 5.92 Å². The van der Waals surface area contributed by atoms with Crippen LogP contribution >= 0.6 is 11.6 Å². The van der Waals surface area contributed by atoms with Crippen LogP contribution in [0.3, 0.4) is 0 Å². The van der Waals surface area contributed by atoms with Crippen LogP contribution in [0.4, 0.5) is 5.82 Å². The van der Waals surface area contributed by atoms with E-state index in [0.29, 0.717) is 16.8 Å². The van der Waals surface area contributed by atoms with E-state index in [-0.39, 0.29) is 5.92 Å². The maximum absolute atomic E-state index is 6.27. The predicted octanol–water partition coefficient (Wildman–Crippen LogP) is 5.17. The van der Waals surface area contributed by atoms with Crippen molar-refractivity contribution in [3.05, 3.63) is 71.0 Å². The molecule has 2 unspecified atom stereocenters. The van der Waals surface area contributed by atoms with Gasteiger partial charge in [-0.25, -0.2) is 9.98 Å². The lowest BCUT2D eigenvalue weighted by atomic mass is 9.85. The summed E-state index contributed by atoms with van der Waals surface area (Å²) in [5.74, 6) is 1.33. The minimum Gasteiger partial charge on any atom is -0.245 e. The van der Waals surface area contributed by atoms with Gasteiger partial charge in [0.05, 0.1) is 10.7 Å². The highest BCUT2D eigenvalue weighted by atomic mass is 35.5. The Morgan fingerprint density at radius 1 is 1.14 bits per heavy atom. The molecule has 0 N–H and O–H groups in total. The average molecular weight is 297 g/mol. The summed E-state index contributed by atoms with van der Waals surface area (Å²) in [6.07, 6.45) is 17.4. The smallest absolute Gasteiger partial charge is 0.151 e. The lowest BCUT2D eigenvalue weighted by molar-refractivity contribution is 0.742. The number of allylic oxidation sites excluding steroid dienone is 8. The zero-order valence-electron chi connectivity index (χ0n) is 11.7. The van der Waals surface area contributed by atoms with Crippen molar-refractivity contribution in [1.82, 2.24) is 4.98 Å². The van der Waals surface area contributed by atoms with E-state index in [1.54, 1.807) is 6.07 Å². The van der Waals surface area contributed by atoms with Gasteiger partial charge in [0.15, 0.2) is 5.82 Å². The number of hydrogen-bond donors (Lipinski definition) is 0. The van der Waals surface area contributed by atoms with Crippen molar-refractivity contribution in [2.24, 2.45) is 10.9 Å². The molecule has 0 spiro atoms. The first-order valence-corrected chi connectivity index (χ1v) is 7.50. The van der Waals surface area contributed by atoms with E-state index in [9.17, 15) is 0 Å². The Balaban J connectivity index is 1.78. The molecule has 21 heavy (non-hydrogen) atoms. The molecule has 1 aromatic rings. The van der Waals surface area contributed by atoms with E-state index in [1.807, 2.05) is 6.07 Å². The third-order valence-corrected chi connectivity index (χ3v) is 4.23. The maximum atomic E-state index is 6.27. The van der Waals surface area contributed by atoms with Gasteiger partial charge in [0.1, 0.15) is 0 Å². The Bertz CT molecular complexity index is 668. The molecule has 0 radical (unpaired) electrons. The molecule has 106 valence electrons. The molecule has 1 aromatic heterocycles. The van der Waals surface area contributed by atoms with E-state index < -0.39 is 0 Å². The zero-order chi connectivity index (χ0) is 14.7. The monoisotopic (exact) mass is 296 g/mol. The van der Waals surface area contributed by atoms with Gasteiger partial charge in [-0.3, -0.25) is 0 Å².